The maximum Gasteiger partial charge on any atom is 0.355 e. The fraction of sp³-hybridized carbons (Fsp3) is 0.261. The summed E-state index contributed by atoms with van der Waals surface area (Å²) in [5.74, 6) is -2.15. The van der Waals surface area contributed by atoms with Crippen LogP contribution < -0.4 is 5.32 Å². The number of non-ortho nitro benzene ring substituents is 1. The maximum atomic E-state index is 12.9. The molecule has 1 saturated heterocycles. The van der Waals surface area contributed by atoms with Crippen molar-refractivity contribution >= 4 is 34.6 Å². The van der Waals surface area contributed by atoms with Crippen LogP contribution in [0.15, 0.2) is 65.9 Å². The van der Waals surface area contributed by atoms with E-state index in [9.17, 15) is 33.3 Å². The van der Waals surface area contributed by atoms with Gasteiger partial charge in [0, 0.05) is 12.1 Å². The Kier molecular flexibility index (Phi) is 8.10. The number of nitro groups is 1. The standard InChI is InChI=1S/C23H23N3O8S/c1-14(2)20(23(29)34-13-16-8-10-17(11-9-16)26(30)31)25-21(28)19(22(25)35(32)33)24-18(27)12-15-6-4-3-5-7-15/h3-11,19,22H,12-13H2,1-2H3,(H,24,27)(H,32,33). The van der Waals surface area contributed by atoms with Crippen LogP contribution in [0, 0.1) is 10.1 Å². The molecule has 1 aliphatic heterocycles. The molecule has 11 nitrogen and oxygen atoms in total. The second-order valence-corrected chi connectivity index (χ2v) is 8.97. The zero-order valence-electron chi connectivity index (χ0n) is 18.9. The molecule has 0 aromatic heterocycles. The van der Waals surface area contributed by atoms with Crippen molar-refractivity contribution in [3.63, 3.8) is 0 Å². The number of nitrogens with one attached hydrogen (secondary N) is 1. The number of hydrogen-bond donors (Lipinski definition) is 2. The number of β-lactam (4-membered cyclic amide) rings is 1. The van der Waals surface area contributed by atoms with Crippen LogP contribution >= 0.6 is 0 Å². The number of likely N-dealkylation sites (tertiary alicyclic amines) is 1. The summed E-state index contributed by atoms with van der Waals surface area (Å²) in [5.41, 5.74) is 1.20. The fourth-order valence-electron chi connectivity index (χ4n) is 3.52. The number of nitro benzene ring substituents is 1. The lowest BCUT2D eigenvalue weighted by molar-refractivity contribution is -0.384. The minimum absolute atomic E-state index is 0.0256. The van der Waals surface area contributed by atoms with E-state index in [1.807, 2.05) is 0 Å². The van der Waals surface area contributed by atoms with Crippen molar-refractivity contribution in [2.75, 3.05) is 0 Å². The molecule has 184 valence electrons. The number of ether oxygens (including phenoxy) is 1. The Labute approximate surface area is 203 Å². The van der Waals surface area contributed by atoms with E-state index in [4.69, 9.17) is 4.74 Å². The van der Waals surface area contributed by atoms with Crippen LogP contribution in [-0.2, 0) is 43.2 Å². The van der Waals surface area contributed by atoms with Gasteiger partial charge in [0.15, 0.2) is 16.5 Å². The van der Waals surface area contributed by atoms with Gasteiger partial charge in [0.05, 0.1) is 11.3 Å². The SMILES string of the molecule is CC(C)=C(C(=O)OCc1ccc([N+](=O)[O-])cc1)N1C(=O)C(NC(=O)Cc2ccccc2)C1S(=O)O. The predicted octanol–water partition coefficient (Wildman–Crippen LogP) is 2.05. The number of esters is 1. The average molecular weight is 502 g/mol. The molecule has 2 amide bonds. The number of carbonyl (C=O) groups excluding carboxylic acids is 3. The van der Waals surface area contributed by atoms with Crippen LogP contribution in [0.1, 0.15) is 25.0 Å². The van der Waals surface area contributed by atoms with Crippen molar-refractivity contribution in [1.29, 1.82) is 0 Å². The molecular formula is C23H23N3O8S. The molecule has 0 bridgehead atoms. The van der Waals surface area contributed by atoms with E-state index in [-0.39, 0.29) is 24.4 Å². The lowest BCUT2D eigenvalue weighted by Crippen LogP contribution is -2.72. The highest BCUT2D eigenvalue weighted by Crippen LogP contribution is 2.30. The number of nitrogens with zero attached hydrogens (tertiary/aromatic N) is 2. The smallest absolute Gasteiger partial charge is 0.355 e. The van der Waals surface area contributed by atoms with E-state index >= 15 is 0 Å². The predicted molar refractivity (Wildman–Crippen MR) is 125 cm³/mol. The molecule has 2 N–H and O–H groups in total. The van der Waals surface area contributed by atoms with E-state index in [0.717, 1.165) is 4.90 Å². The summed E-state index contributed by atoms with van der Waals surface area (Å²) < 4.78 is 27.1. The first kappa shape index (κ1) is 25.7. The number of carbonyl (C=O) groups is 3. The van der Waals surface area contributed by atoms with Crippen molar-refractivity contribution in [2.24, 2.45) is 0 Å². The van der Waals surface area contributed by atoms with Gasteiger partial charge < -0.3 is 14.6 Å². The third kappa shape index (κ3) is 5.97. The van der Waals surface area contributed by atoms with Crippen molar-refractivity contribution in [1.82, 2.24) is 10.2 Å². The van der Waals surface area contributed by atoms with E-state index in [1.54, 1.807) is 30.3 Å². The zero-order valence-corrected chi connectivity index (χ0v) is 19.7. The summed E-state index contributed by atoms with van der Waals surface area (Å²) in [4.78, 5) is 49.1. The number of allylic oxidation sites excluding steroid dienone is 1. The highest BCUT2D eigenvalue weighted by atomic mass is 32.2. The van der Waals surface area contributed by atoms with Gasteiger partial charge >= 0.3 is 5.97 Å². The molecule has 3 unspecified atom stereocenters. The van der Waals surface area contributed by atoms with Gasteiger partial charge in [0.1, 0.15) is 18.3 Å². The van der Waals surface area contributed by atoms with Crippen LogP contribution in [0.2, 0.25) is 0 Å². The summed E-state index contributed by atoms with van der Waals surface area (Å²) in [6, 6.07) is 12.9. The van der Waals surface area contributed by atoms with Crippen LogP contribution in [0.25, 0.3) is 0 Å². The topological polar surface area (TPSA) is 156 Å². The number of amides is 2. The van der Waals surface area contributed by atoms with Gasteiger partial charge in [-0.15, -0.1) is 0 Å². The second-order valence-electron chi connectivity index (χ2n) is 7.93. The molecule has 0 radical (unpaired) electrons. The van der Waals surface area contributed by atoms with Crippen molar-refractivity contribution in [3.05, 3.63) is 87.1 Å². The molecule has 0 aliphatic carbocycles. The van der Waals surface area contributed by atoms with E-state index in [1.165, 1.54) is 38.1 Å². The van der Waals surface area contributed by atoms with Gasteiger partial charge in [-0.2, -0.15) is 0 Å². The Morgan fingerprint density at radius 3 is 2.29 bits per heavy atom. The lowest BCUT2D eigenvalue weighted by atomic mass is 10.0. The Hall–Kier alpha value is -3.90. The van der Waals surface area contributed by atoms with E-state index in [0.29, 0.717) is 16.7 Å². The van der Waals surface area contributed by atoms with Crippen LogP contribution in [0.4, 0.5) is 5.69 Å². The molecule has 1 fully saturated rings. The van der Waals surface area contributed by atoms with Crippen LogP contribution in [0.5, 0.6) is 0 Å². The van der Waals surface area contributed by atoms with Gasteiger partial charge in [-0.1, -0.05) is 30.3 Å². The van der Waals surface area contributed by atoms with Crippen molar-refractivity contribution in [2.45, 2.75) is 38.3 Å². The molecule has 3 atom stereocenters. The lowest BCUT2D eigenvalue weighted by Gasteiger charge is -2.45. The van der Waals surface area contributed by atoms with Gasteiger partial charge in [-0.05, 0) is 42.7 Å². The van der Waals surface area contributed by atoms with Crippen LogP contribution in [0.3, 0.4) is 0 Å². The highest BCUT2D eigenvalue weighted by molar-refractivity contribution is 7.80. The monoisotopic (exact) mass is 501 g/mol. The summed E-state index contributed by atoms with van der Waals surface area (Å²) in [5, 5.41) is 11.9. The number of benzene rings is 2. The molecule has 0 saturated carbocycles. The molecular weight excluding hydrogens is 478 g/mol. The summed E-state index contributed by atoms with van der Waals surface area (Å²) >= 11 is -2.58. The van der Waals surface area contributed by atoms with Gasteiger partial charge in [-0.25, -0.2) is 9.00 Å². The maximum absolute atomic E-state index is 12.9. The molecule has 2 aromatic rings. The Morgan fingerprint density at radius 2 is 1.74 bits per heavy atom. The van der Waals surface area contributed by atoms with Crippen LogP contribution in [-0.4, -0.2) is 47.8 Å². The van der Waals surface area contributed by atoms with Crippen molar-refractivity contribution < 1.29 is 32.8 Å². The zero-order chi connectivity index (χ0) is 25.7. The van der Waals surface area contributed by atoms with Gasteiger partial charge in [0.25, 0.3) is 11.6 Å². The first-order chi connectivity index (χ1) is 16.6. The largest absolute Gasteiger partial charge is 0.456 e. The van der Waals surface area contributed by atoms with Gasteiger partial charge in [0.2, 0.25) is 5.91 Å². The number of hydrogen-bond acceptors (Lipinski definition) is 7. The molecule has 2 aromatic carbocycles. The van der Waals surface area contributed by atoms with Crippen molar-refractivity contribution in [3.8, 4) is 0 Å². The first-order valence-electron chi connectivity index (χ1n) is 10.4. The Bertz CT molecular complexity index is 1190. The average Bonchev–Trinajstić information content (AvgIpc) is 2.81. The Morgan fingerprint density at radius 1 is 1.11 bits per heavy atom. The molecule has 1 aliphatic rings. The molecule has 1 heterocycles. The first-order valence-corrected chi connectivity index (χ1v) is 11.6. The Balaban J connectivity index is 1.70. The number of rotatable bonds is 9. The fourth-order valence-corrected chi connectivity index (χ4v) is 4.33. The third-order valence-electron chi connectivity index (χ3n) is 5.20. The third-order valence-corrected chi connectivity index (χ3v) is 6.09. The van der Waals surface area contributed by atoms with E-state index in [2.05, 4.69) is 5.32 Å². The highest BCUT2D eigenvalue weighted by Gasteiger charge is 2.55. The van der Waals surface area contributed by atoms with Gasteiger partial charge in [-0.3, -0.25) is 24.6 Å². The summed E-state index contributed by atoms with van der Waals surface area (Å²) in [6.45, 7) is 2.84. The van der Waals surface area contributed by atoms with E-state index < -0.39 is 45.2 Å². The molecule has 12 heteroatoms. The minimum Gasteiger partial charge on any atom is -0.456 e. The molecule has 3 rings (SSSR count). The second kappa shape index (κ2) is 11.0. The molecule has 35 heavy (non-hydrogen) atoms. The minimum atomic E-state index is -2.58. The molecule has 0 spiro atoms. The summed E-state index contributed by atoms with van der Waals surface area (Å²) in [6.07, 6.45) is -0.0256. The quantitative estimate of drug-likeness (QED) is 0.132. The normalized spacial score (nSPS) is 17.7. The summed E-state index contributed by atoms with van der Waals surface area (Å²) in [7, 11) is 0.